The Morgan fingerprint density at radius 1 is 0.833 bits per heavy atom. The number of aliphatic hydroxyl groups is 1. The summed E-state index contributed by atoms with van der Waals surface area (Å²) in [5.74, 6) is 1.38. The van der Waals surface area contributed by atoms with Gasteiger partial charge in [0.15, 0.2) is 0 Å². The van der Waals surface area contributed by atoms with Gasteiger partial charge in [-0.15, -0.1) is 0 Å². The molecule has 36 heavy (non-hydrogen) atoms. The Morgan fingerprint density at radius 2 is 1.44 bits per heavy atom. The minimum atomic E-state index is -0.558. The van der Waals surface area contributed by atoms with Crippen LogP contribution in [-0.2, 0) is 22.7 Å². The van der Waals surface area contributed by atoms with Gasteiger partial charge in [-0.2, -0.15) is 0 Å². The fourth-order valence-electron chi connectivity index (χ4n) is 4.55. The first-order valence-corrected chi connectivity index (χ1v) is 12.7. The number of benzene rings is 3. The maximum Gasteiger partial charge on any atom is 0.407 e. The molecule has 0 heterocycles. The van der Waals surface area contributed by atoms with Crippen LogP contribution in [0.3, 0.4) is 0 Å². The number of aliphatic hydroxyl groups excluding tert-OH is 1. The number of nitrogens with one attached hydrogen (secondary N) is 1. The third-order valence-electron chi connectivity index (χ3n) is 6.56. The summed E-state index contributed by atoms with van der Waals surface area (Å²) >= 11 is 0. The summed E-state index contributed by atoms with van der Waals surface area (Å²) in [6.45, 7) is 0.789. The number of amides is 1. The van der Waals surface area contributed by atoms with Crippen molar-refractivity contribution in [3.8, 4) is 5.75 Å². The first kappa shape index (κ1) is 25.7. The van der Waals surface area contributed by atoms with E-state index >= 15 is 0 Å². The maximum atomic E-state index is 12.1. The molecular weight excluding hydrogens is 454 g/mol. The van der Waals surface area contributed by atoms with Gasteiger partial charge in [0.2, 0.25) is 0 Å². The molecule has 6 nitrogen and oxygen atoms in total. The molecule has 3 aromatic carbocycles. The highest BCUT2D eigenvalue weighted by Gasteiger charge is 2.26. The second-order valence-corrected chi connectivity index (χ2v) is 9.20. The predicted octanol–water partition coefficient (Wildman–Crippen LogP) is 5.60. The average Bonchev–Trinajstić information content (AvgIpc) is 2.94. The molecular formula is C30H35NO5. The van der Waals surface area contributed by atoms with Crippen LogP contribution >= 0.6 is 0 Å². The molecule has 0 spiro atoms. The van der Waals surface area contributed by atoms with Gasteiger partial charge in [0.05, 0.1) is 25.4 Å². The van der Waals surface area contributed by atoms with E-state index in [0.29, 0.717) is 12.5 Å². The predicted molar refractivity (Wildman–Crippen MR) is 139 cm³/mol. The quantitative estimate of drug-likeness (QED) is 0.367. The van der Waals surface area contributed by atoms with Gasteiger partial charge in [0.25, 0.3) is 0 Å². The molecule has 0 unspecified atom stereocenters. The van der Waals surface area contributed by atoms with Gasteiger partial charge in [-0.1, -0.05) is 78.9 Å². The van der Waals surface area contributed by atoms with Gasteiger partial charge in [-0.3, -0.25) is 0 Å². The van der Waals surface area contributed by atoms with E-state index in [2.05, 4.69) is 35.6 Å². The van der Waals surface area contributed by atoms with Gasteiger partial charge < -0.3 is 24.6 Å². The summed E-state index contributed by atoms with van der Waals surface area (Å²) in [5, 5.41) is 12.4. The van der Waals surface area contributed by atoms with Crippen LogP contribution in [0.5, 0.6) is 5.75 Å². The fraction of sp³-hybridized carbons (Fsp3) is 0.367. The third kappa shape index (κ3) is 7.83. The lowest BCUT2D eigenvalue weighted by Gasteiger charge is -2.30. The molecule has 0 aliphatic heterocycles. The van der Waals surface area contributed by atoms with Crippen molar-refractivity contribution >= 4 is 6.09 Å². The SMILES string of the molecule is O=C(N[C@H](CO)COC1CCC(c2ccccc2OCc2ccccc2)CC1)OCc1ccccc1. The topological polar surface area (TPSA) is 77.0 Å². The number of para-hydroxylation sites is 1. The summed E-state index contributed by atoms with van der Waals surface area (Å²) in [4.78, 5) is 12.1. The first-order valence-electron chi connectivity index (χ1n) is 12.7. The molecule has 0 radical (unpaired) electrons. The van der Waals surface area contributed by atoms with E-state index in [0.717, 1.165) is 42.6 Å². The van der Waals surface area contributed by atoms with Crippen LogP contribution in [0, 0.1) is 0 Å². The van der Waals surface area contributed by atoms with E-state index in [1.807, 2.05) is 54.6 Å². The van der Waals surface area contributed by atoms with E-state index in [4.69, 9.17) is 14.2 Å². The van der Waals surface area contributed by atoms with Crippen LogP contribution in [0.4, 0.5) is 4.79 Å². The largest absolute Gasteiger partial charge is 0.489 e. The van der Waals surface area contributed by atoms with Crippen molar-refractivity contribution in [1.29, 1.82) is 0 Å². The standard InChI is InChI=1S/C30H35NO5/c32-19-26(31-30(33)36-21-24-11-5-2-6-12-24)22-34-27-17-15-25(16-18-27)28-13-7-8-14-29(28)35-20-23-9-3-1-4-10-23/h1-14,25-27,32H,15-22H2,(H,31,33)/t25?,26-,27?/m1/s1. The van der Waals surface area contributed by atoms with E-state index in [1.165, 1.54) is 5.56 Å². The Hall–Kier alpha value is -3.35. The maximum absolute atomic E-state index is 12.1. The van der Waals surface area contributed by atoms with Crippen molar-refractivity contribution in [2.75, 3.05) is 13.2 Å². The Labute approximate surface area is 213 Å². The zero-order valence-electron chi connectivity index (χ0n) is 20.6. The molecule has 1 amide bonds. The Balaban J connectivity index is 1.20. The molecule has 1 atom stereocenters. The summed E-state index contributed by atoms with van der Waals surface area (Å²) in [5.41, 5.74) is 3.32. The molecule has 1 saturated carbocycles. The monoisotopic (exact) mass is 489 g/mol. The van der Waals surface area contributed by atoms with Crippen molar-refractivity contribution in [1.82, 2.24) is 5.32 Å². The van der Waals surface area contributed by atoms with Crippen molar-refractivity contribution in [3.63, 3.8) is 0 Å². The third-order valence-corrected chi connectivity index (χ3v) is 6.56. The molecule has 0 bridgehead atoms. The van der Waals surface area contributed by atoms with Crippen molar-refractivity contribution in [3.05, 3.63) is 102 Å². The molecule has 190 valence electrons. The highest BCUT2D eigenvalue weighted by Crippen LogP contribution is 2.38. The second kappa shape index (κ2) is 13.7. The number of rotatable bonds is 11. The van der Waals surface area contributed by atoms with Gasteiger partial charge in [-0.05, 0) is 54.4 Å². The lowest BCUT2D eigenvalue weighted by atomic mass is 9.82. The molecule has 1 aliphatic rings. The Morgan fingerprint density at radius 3 is 2.11 bits per heavy atom. The molecule has 6 heteroatoms. The van der Waals surface area contributed by atoms with Crippen LogP contribution in [0.2, 0.25) is 0 Å². The van der Waals surface area contributed by atoms with E-state index in [-0.39, 0.29) is 25.9 Å². The zero-order chi connectivity index (χ0) is 25.0. The van der Waals surface area contributed by atoms with E-state index in [1.54, 1.807) is 0 Å². The van der Waals surface area contributed by atoms with E-state index in [9.17, 15) is 9.90 Å². The van der Waals surface area contributed by atoms with Gasteiger partial charge >= 0.3 is 6.09 Å². The summed E-state index contributed by atoms with van der Waals surface area (Å²) in [6, 6.07) is 27.5. The van der Waals surface area contributed by atoms with Crippen LogP contribution in [0.15, 0.2) is 84.9 Å². The summed E-state index contributed by atoms with van der Waals surface area (Å²) in [7, 11) is 0. The van der Waals surface area contributed by atoms with Gasteiger partial charge in [0.1, 0.15) is 19.0 Å². The fourth-order valence-corrected chi connectivity index (χ4v) is 4.55. The van der Waals surface area contributed by atoms with Crippen molar-refractivity contribution < 1.29 is 24.1 Å². The number of hydrogen-bond donors (Lipinski definition) is 2. The number of carbonyl (C=O) groups excluding carboxylic acids is 1. The van der Waals surface area contributed by atoms with Crippen LogP contribution in [0.25, 0.3) is 0 Å². The average molecular weight is 490 g/mol. The lowest BCUT2D eigenvalue weighted by molar-refractivity contribution is 0.00353. The van der Waals surface area contributed by atoms with Crippen LogP contribution in [0.1, 0.15) is 48.3 Å². The summed E-state index contributed by atoms with van der Waals surface area (Å²) in [6.07, 6.45) is 3.41. The van der Waals surface area contributed by atoms with Gasteiger partial charge in [-0.25, -0.2) is 4.79 Å². The number of ether oxygens (including phenoxy) is 3. The molecule has 1 fully saturated rings. The van der Waals surface area contributed by atoms with Crippen molar-refractivity contribution in [2.45, 2.75) is 57.0 Å². The normalized spacial score (nSPS) is 18.2. The highest BCUT2D eigenvalue weighted by atomic mass is 16.5. The zero-order valence-corrected chi connectivity index (χ0v) is 20.6. The van der Waals surface area contributed by atoms with E-state index < -0.39 is 12.1 Å². The number of alkyl carbamates (subject to hydrolysis) is 1. The molecule has 3 aromatic rings. The lowest BCUT2D eigenvalue weighted by Crippen LogP contribution is -2.42. The number of hydrogen-bond acceptors (Lipinski definition) is 5. The van der Waals surface area contributed by atoms with Crippen LogP contribution < -0.4 is 10.1 Å². The van der Waals surface area contributed by atoms with Gasteiger partial charge in [0, 0.05) is 0 Å². The molecule has 0 aromatic heterocycles. The highest BCUT2D eigenvalue weighted by molar-refractivity contribution is 5.67. The molecule has 4 rings (SSSR count). The smallest absolute Gasteiger partial charge is 0.407 e. The van der Waals surface area contributed by atoms with Crippen molar-refractivity contribution in [2.24, 2.45) is 0 Å². The minimum absolute atomic E-state index is 0.106. The summed E-state index contributed by atoms with van der Waals surface area (Å²) < 4.78 is 17.5. The van der Waals surface area contributed by atoms with Crippen LogP contribution in [-0.4, -0.2) is 36.6 Å². The minimum Gasteiger partial charge on any atom is -0.489 e. The Bertz CT molecular complexity index is 1050. The second-order valence-electron chi connectivity index (χ2n) is 9.20. The molecule has 0 saturated heterocycles. The molecule has 2 N–H and O–H groups in total. The Kier molecular flexibility index (Phi) is 9.77. The number of carbonyl (C=O) groups is 1. The first-order chi connectivity index (χ1) is 17.7. The molecule has 1 aliphatic carbocycles.